The second kappa shape index (κ2) is 9.50. The summed E-state index contributed by atoms with van der Waals surface area (Å²) in [5.74, 6) is -1.64. The van der Waals surface area contributed by atoms with Gasteiger partial charge in [0.05, 0.1) is 23.6 Å². The normalized spacial score (nSPS) is 10.5. The lowest BCUT2D eigenvalue weighted by Gasteiger charge is -2.08. The molecule has 0 bridgehead atoms. The van der Waals surface area contributed by atoms with Crippen LogP contribution in [0.2, 0.25) is 5.02 Å². The van der Waals surface area contributed by atoms with Crippen molar-refractivity contribution in [3.63, 3.8) is 0 Å². The quantitative estimate of drug-likeness (QED) is 0.580. The van der Waals surface area contributed by atoms with Crippen molar-refractivity contribution in [3.05, 3.63) is 50.9 Å². The molecule has 2 rings (SSSR count). The Hall–Kier alpha value is -2.42. The molecule has 0 aliphatic heterocycles. The third-order valence-electron chi connectivity index (χ3n) is 3.61. The zero-order chi connectivity index (χ0) is 20.0. The fraction of sp³-hybridized carbons (Fsp3) is 0.278. The number of carbonyl (C=O) groups is 3. The summed E-state index contributed by atoms with van der Waals surface area (Å²) in [6.45, 7) is 3.91. The summed E-state index contributed by atoms with van der Waals surface area (Å²) in [4.78, 5) is 36.2. The summed E-state index contributed by atoms with van der Waals surface area (Å²) in [6.07, 6.45) is 0. The van der Waals surface area contributed by atoms with Crippen molar-refractivity contribution in [2.75, 3.05) is 18.5 Å². The number of hydrogen-bond acceptors (Lipinski definition) is 6. The Morgan fingerprint density at radius 1 is 1.30 bits per heavy atom. The number of nitrogens with one attached hydrogen (secondary N) is 2. The van der Waals surface area contributed by atoms with Gasteiger partial charge in [0, 0.05) is 11.6 Å². The minimum atomic E-state index is -0.664. The number of thiophene rings is 1. The fourth-order valence-corrected chi connectivity index (χ4v) is 3.70. The summed E-state index contributed by atoms with van der Waals surface area (Å²) in [5.41, 5.74) is 6.83. The standard InChI is InChI=1S/C18H20ClN3O4S/c1-3-26-18(25)14-10(2)15(16(20)24)27-17(14)22-13(23)9-21-8-11-5-4-6-12(19)7-11/h4-7,21H,3,8-9H2,1-2H3,(H2,20,24)(H,22,23). The summed E-state index contributed by atoms with van der Waals surface area (Å²) in [5, 5.41) is 6.50. The first-order valence-electron chi connectivity index (χ1n) is 8.18. The van der Waals surface area contributed by atoms with Gasteiger partial charge in [0.15, 0.2) is 0 Å². The molecule has 2 amide bonds. The Labute approximate surface area is 165 Å². The summed E-state index contributed by atoms with van der Waals surface area (Å²) < 4.78 is 5.01. The van der Waals surface area contributed by atoms with Gasteiger partial charge in [0.2, 0.25) is 5.91 Å². The Morgan fingerprint density at radius 3 is 2.67 bits per heavy atom. The van der Waals surface area contributed by atoms with Gasteiger partial charge in [0.25, 0.3) is 5.91 Å². The number of amides is 2. The number of rotatable bonds is 8. The number of carbonyl (C=O) groups excluding carboxylic acids is 3. The van der Waals surface area contributed by atoms with Gasteiger partial charge in [-0.15, -0.1) is 11.3 Å². The predicted octanol–water partition coefficient (Wildman–Crippen LogP) is 2.71. The van der Waals surface area contributed by atoms with Crippen LogP contribution in [-0.4, -0.2) is 30.9 Å². The highest BCUT2D eigenvalue weighted by Gasteiger charge is 2.25. The van der Waals surface area contributed by atoms with Crippen molar-refractivity contribution in [3.8, 4) is 0 Å². The molecular formula is C18H20ClN3O4S. The molecule has 0 radical (unpaired) electrons. The van der Waals surface area contributed by atoms with Crippen LogP contribution in [0.5, 0.6) is 0 Å². The maximum atomic E-state index is 12.2. The average molecular weight is 410 g/mol. The lowest BCUT2D eigenvalue weighted by molar-refractivity contribution is -0.115. The van der Waals surface area contributed by atoms with Crippen LogP contribution in [0.1, 0.15) is 38.1 Å². The molecular weight excluding hydrogens is 390 g/mol. The van der Waals surface area contributed by atoms with Crippen LogP contribution < -0.4 is 16.4 Å². The van der Waals surface area contributed by atoms with Gasteiger partial charge in [-0.05, 0) is 37.1 Å². The third kappa shape index (κ3) is 5.53. The molecule has 4 N–H and O–H groups in total. The summed E-state index contributed by atoms with van der Waals surface area (Å²) >= 11 is 6.88. The van der Waals surface area contributed by atoms with Crippen LogP contribution in [0.15, 0.2) is 24.3 Å². The molecule has 0 aliphatic rings. The molecule has 27 heavy (non-hydrogen) atoms. The van der Waals surface area contributed by atoms with Crippen LogP contribution in [0.25, 0.3) is 0 Å². The number of nitrogens with two attached hydrogens (primary N) is 1. The van der Waals surface area contributed by atoms with Crippen molar-refractivity contribution in [2.24, 2.45) is 5.73 Å². The number of hydrogen-bond donors (Lipinski definition) is 3. The zero-order valence-corrected chi connectivity index (χ0v) is 16.5. The summed E-state index contributed by atoms with van der Waals surface area (Å²) in [7, 11) is 0. The van der Waals surface area contributed by atoms with Gasteiger partial charge in [-0.25, -0.2) is 4.79 Å². The Kier molecular flexibility index (Phi) is 7.35. The molecule has 144 valence electrons. The maximum Gasteiger partial charge on any atom is 0.341 e. The minimum Gasteiger partial charge on any atom is -0.462 e. The Bertz CT molecular complexity index is 866. The first-order valence-corrected chi connectivity index (χ1v) is 9.38. The van der Waals surface area contributed by atoms with Crippen molar-refractivity contribution in [1.29, 1.82) is 0 Å². The van der Waals surface area contributed by atoms with E-state index in [0.717, 1.165) is 16.9 Å². The second-order valence-electron chi connectivity index (χ2n) is 5.63. The predicted molar refractivity (Wildman–Crippen MR) is 105 cm³/mol. The molecule has 0 aliphatic carbocycles. The number of esters is 1. The van der Waals surface area contributed by atoms with E-state index >= 15 is 0 Å². The monoisotopic (exact) mass is 409 g/mol. The van der Waals surface area contributed by atoms with Gasteiger partial charge in [0.1, 0.15) is 5.00 Å². The second-order valence-corrected chi connectivity index (χ2v) is 7.08. The average Bonchev–Trinajstić information content (AvgIpc) is 2.91. The molecule has 1 heterocycles. The number of anilines is 1. The smallest absolute Gasteiger partial charge is 0.341 e. The van der Waals surface area contributed by atoms with E-state index in [0.29, 0.717) is 17.1 Å². The van der Waals surface area contributed by atoms with E-state index in [9.17, 15) is 14.4 Å². The van der Waals surface area contributed by atoms with Gasteiger partial charge >= 0.3 is 5.97 Å². The van der Waals surface area contributed by atoms with Crippen molar-refractivity contribution in [2.45, 2.75) is 20.4 Å². The first kappa shape index (κ1) is 20.9. The maximum absolute atomic E-state index is 12.2. The highest BCUT2D eigenvalue weighted by Crippen LogP contribution is 2.33. The largest absolute Gasteiger partial charge is 0.462 e. The highest BCUT2D eigenvalue weighted by molar-refractivity contribution is 7.18. The highest BCUT2D eigenvalue weighted by atomic mass is 35.5. The van der Waals surface area contributed by atoms with Crippen LogP contribution in [0.3, 0.4) is 0 Å². The van der Waals surface area contributed by atoms with Crippen LogP contribution >= 0.6 is 22.9 Å². The van der Waals surface area contributed by atoms with Gasteiger partial charge in [-0.2, -0.15) is 0 Å². The molecule has 0 spiro atoms. The van der Waals surface area contributed by atoms with E-state index in [1.165, 1.54) is 0 Å². The third-order valence-corrected chi connectivity index (χ3v) is 5.06. The topological polar surface area (TPSA) is 111 Å². The van der Waals surface area contributed by atoms with Gasteiger partial charge in [-0.1, -0.05) is 23.7 Å². The molecule has 7 nitrogen and oxygen atoms in total. The molecule has 0 fully saturated rings. The summed E-state index contributed by atoms with van der Waals surface area (Å²) in [6, 6.07) is 7.28. The number of primary amides is 1. The van der Waals surface area contributed by atoms with E-state index in [1.54, 1.807) is 26.0 Å². The molecule has 9 heteroatoms. The van der Waals surface area contributed by atoms with E-state index < -0.39 is 11.9 Å². The molecule has 0 saturated heterocycles. The van der Waals surface area contributed by atoms with Crippen LogP contribution in [-0.2, 0) is 16.1 Å². The SMILES string of the molecule is CCOC(=O)c1c(NC(=O)CNCc2cccc(Cl)c2)sc(C(N)=O)c1C. The van der Waals surface area contributed by atoms with E-state index in [2.05, 4.69) is 10.6 Å². The molecule has 0 saturated carbocycles. The van der Waals surface area contributed by atoms with Gasteiger partial charge in [-0.3, -0.25) is 9.59 Å². The molecule has 0 unspecified atom stereocenters. The minimum absolute atomic E-state index is 0.0115. The molecule has 1 aromatic heterocycles. The Balaban J connectivity index is 2.06. The van der Waals surface area contributed by atoms with Crippen molar-refractivity contribution < 1.29 is 19.1 Å². The van der Waals surface area contributed by atoms with Crippen molar-refractivity contribution >= 4 is 45.7 Å². The van der Waals surface area contributed by atoms with Gasteiger partial charge < -0.3 is 21.1 Å². The number of benzene rings is 1. The van der Waals surface area contributed by atoms with Crippen molar-refractivity contribution in [1.82, 2.24) is 5.32 Å². The molecule has 1 aromatic carbocycles. The van der Waals surface area contributed by atoms with E-state index in [1.807, 2.05) is 12.1 Å². The first-order chi connectivity index (χ1) is 12.8. The lowest BCUT2D eigenvalue weighted by atomic mass is 10.1. The number of ether oxygens (including phenoxy) is 1. The van der Waals surface area contributed by atoms with E-state index in [4.69, 9.17) is 22.1 Å². The fourth-order valence-electron chi connectivity index (χ4n) is 2.42. The zero-order valence-electron chi connectivity index (χ0n) is 14.9. The number of halogens is 1. The lowest BCUT2D eigenvalue weighted by Crippen LogP contribution is -2.28. The molecule has 2 aromatic rings. The van der Waals surface area contributed by atoms with E-state index in [-0.39, 0.29) is 34.5 Å². The Morgan fingerprint density at radius 2 is 2.04 bits per heavy atom. The van der Waals surface area contributed by atoms with Crippen LogP contribution in [0.4, 0.5) is 5.00 Å². The molecule has 0 atom stereocenters. The van der Waals surface area contributed by atoms with Crippen LogP contribution in [0, 0.1) is 6.92 Å².